The molecule has 2 aromatic carbocycles. The van der Waals surface area contributed by atoms with Gasteiger partial charge in [-0.15, -0.1) is 0 Å². The zero-order valence-corrected chi connectivity index (χ0v) is 18.3. The first-order valence-corrected chi connectivity index (χ1v) is 10.9. The molecule has 0 saturated heterocycles. The van der Waals surface area contributed by atoms with Crippen molar-refractivity contribution >= 4 is 11.6 Å². The molecule has 0 unspecified atom stereocenters. The number of nitrogens with zero attached hydrogens (tertiary/aromatic N) is 1. The Bertz CT molecular complexity index is 1110. The Morgan fingerprint density at radius 3 is 2.42 bits per heavy atom. The highest BCUT2D eigenvalue weighted by Gasteiger charge is 2.26. The number of benzene rings is 2. The summed E-state index contributed by atoms with van der Waals surface area (Å²) < 4.78 is 29.2. The van der Waals surface area contributed by atoms with Crippen molar-refractivity contribution in [3.05, 3.63) is 87.7 Å². The highest BCUT2D eigenvalue weighted by molar-refractivity contribution is 6.04. The molecule has 0 saturated carbocycles. The lowest BCUT2D eigenvalue weighted by atomic mass is 9.95. The summed E-state index contributed by atoms with van der Waals surface area (Å²) in [5.74, 6) is -1.48. The number of anilines is 1. The third kappa shape index (κ3) is 4.27. The number of halogens is 2. The molecule has 1 aliphatic carbocycles. The van der Waals surface area contributed by atoms with Gasteiger partial charge >= 0.3 is 0 Å². The molecule has 162 valence electrons. The Labute approximate surface area is 182 Å². The van der Waals surface area contributed by atoms with Gasteiger partial charge in [-0.25, -0.2) is 8.78 Å². The van der Waals surface area contributed by atoms with Crippen molar-refractivity contribution < 1.29 is 13.6 Å². The average molecular weight is 423 g/mol. The number of amides is 1. The van der Waals surface area contributed by atoms with E-state index < -0.39 is 11.6 Å². The summed E-state index contributed by atoms with van der Waals surface area (Å²) in [5.41, 5.74) is 6.53. The maximum absolute atomic E-state index is 13.8. The van der Waals surface area contributed by atoms with Crippen LogP contribution in [0.3, 0.4) is 0 Å². The molecule has 4 rings (SSSR count). The molecular formula is C26H28F2N2O. The van der Waals surface area contributed by atoms with Gasteiger partial charge in [0, 0.05) is 17.9 Å². The highest BCUT2D eigenvalue weighted by atomic mass is 19.2. The summed E-state index contributed by atoms with van der Waals surface area (Å²) in [5, 5.41) is 3.03. The maximum Gasteiger partial charge on any atom is 0.272 e. The van der Waals surface area contributed by atoms with Gasteiger partial charge in [0.1, 0.15) is 5.69 Å². The van der Waals surface area contributed by atoms with Gasteiger partial charge < -0.3 is 9.88 Å². The maximum atomic E-state index is 13.8. The first-order chi connectivity index (χ1) is 14.8. The van der Waals surface area contributed by atoms with Gasteiger partial charge in [-0.05, 0) is 85.0 Å². The van der Waals surface area contributed by atoms with Crippen LogP contribution in [0.15, 0.2) is 42.5 Å². The van der Waals surface area contributed by atoms with Gasteiger partial charge in [-0.3, -0.25) is 4.79 Å². The second-order valence-electron chi connectivity index (χ2n) is 8.67. The average Bonchev–Trinajstić information content (AvgIpc) is 3.03. The quantitative estimate of drug-likeness (QED) is 0.509. The summed E-state index contributed by atoms with van der Waals surface area (Å²) in [6.07, 6.45) is 3.98. The van der Waals surface area contributed by atoms with E-state index in [1.165, 1.54) is 17.2 Å². The molecule has 3 nitrogen and oxygen atoms in total. The fraction of sp³-hybridized carbons (Fsp3) is 0.346. The second-order valence-corrected chi connectivity index (χ2v) is 8.67. The van der Waals surface area contributed by atoms with Crippen LogP contribution in [0.1, 0.15) is 71.0 Å². The standard InChI is InChI=1S/C26H28F2N2O/c1-16(2)19-9-11-20(12-10-19)29-26(31)25-17(3)21-6-4-5-7-24(21)30(25)15-18-8-13-22(27)23(28)14-18/h8-14,16H,4-7,15H2,1-3H3,(H,29,31). The fourth-order valence-corrected chi connectivity index (χ4v) is 4.50. The zero-order valence-electron chi connectivity index (χ0n) is 18.3. The lowest BCUT2D eigenvalue weighted by molar-refractivity contribution is 0.101. The van der Waals surface area contributed by atoms with E-state index in [-0.39, 0.29) is 5.91 Å². The van der Waals surface area contributed by atoms with Crippen LogP contribution in [-0.4, -0.2) is 10.5 Å². The van der Waals surface area contributed by atoms with Crippen LogP contribution in [-0.2, 0) is 19.4 Å². The first kappa shape index (κ1) is 21.3. The number of carbonyl (C=O) groups is 1. The number of hydrogen-bond acceptors (Lipinski definition) is 1. The Morgan fingerprint density at radius 1 is 1.03 bits per heavy atom. The molecule has 0 atom stereocenters. The predicted octanol–water partition coefficient (Wildman–Crippen LogP) is 6.38. The normalized spacial score (nSPS) is 13.4. The van der Waals surface area contributed by atoms with Crippen molar-refractivity contribution in [3.63, 3.8) is 0 Å². The van der Waals surface area contributed by atoms with Crippen LogP contribution < -0.4 is 5.32 Å². The largest absolute Gasteiger partial charge is 0.336 e. The van der Waals surface area contributed by atoms with E-state index in [0.717, 1.165) is 48.7 Å². The molecule has 3 aromatic rings. The third-order valence-corrected chi connectivity index (χ3v) is 6.22. The van der Waals surface area contributed by atoms with E-state index >= 15 is 0 Å². The minimum atomic E-state index is -0.869. The Kier molecular flexibility index (Phi) is 5.94. The predicted molar refractivity (Wildman–Crippen MR) is 120 cm³/mol. The summed E-state index contributed by atoms with van der Waals surface area (Å²) in [4.78, 5) is 13.3. The van der Waals surface area contributed by atoms with E-state index in [1.54, 1.807) is 6.07 Å². The number of aromatic nitrogens is 1. The second kappa shape index (κ2) is 8.66. The van der Waals surface area contributed by atoms with Crippen molar-refractivity contribution in [2.45, 2.75) is 58.9 Å². The molecular weight excluding hydrogens is 394 g/mol. The van der Waals surface area contributed by atoms with Gasteiger partial charge in [0.15, 0.2) is 11.6 Å². The summed E-state index contributed by atoms with van der Waals surface area (Å²) in [6, 6.07) is 11.8. The minimum Gasteiger partial charge on any atom is -0.336 e. The van der Waals surface area contributed by atoms with E-state index in [0.29, 0.717) is 23.7 Å². The number of rotatable bonds is 5. The number of fused-ring (bicyclic) bond motifs is 1. The number of carbonyl (C=O) groups excluding carboxylic acids is 1. The van der Waals surface area contributed by atoms with Crippen molar-refractivity contribution in [1.82, 2.24) is 4.57 Å². The van der Waals surface area contributed by atoms with Crippen molar-refractivity contribution in [2.24, 2.45) is 0 Å². The van der Waals surface area contributed by atoms with Crippen molar-refractivity contribution in [2.75, 3.05) is 5.32 Å². The Morgan fingerprint density at radius 2 is 1.74 bits per heavy atom. The number of nitrogens with one attached hydrogen (secondary N) is 1. The van der Waals surface area contributed by atoms with E-state index in [1.807, 2.05) is 35.8 Å². The monoisotopic (exact) mass is 422 g/mol. The zero-order chi connectivity index (χ0) is 22.1. The fourth-order valence-electron chi connectivity index (χ4n) is 4.50. The minimum absolute atomic E-state index is 0.174. The molecule has 0 spiro atoms. The molecule has 1 amide bonds. The SMILES string of the molecule is Cc1c2c(n(Cc3ccc(F)c(F)c3)c1C(=O)Nc1ccc(C(C)C)cc1)CCCC2. The molecule has 0 radical (unpaired) electrons. The van der Waals surface area contributed by atoms with Crippen molar-refractivity contribution in [3.8, 4) is 0 Å². The van der Waals surface area contributed by atoms with Crippen LogP contribution in [0, 0.1) is 18.6 Å². The highest BCUT2D eigenvalue weighted by Crippen LogP contribution is 2.31. The molecule has 1 aromatic heterocycles. The lowest BCUT2D eigenvalue weighted by Gasteiger charge is -2.17. The van der Waals surface area contributed by atoms with E-state index in [9.17, 15) is 13.6 Å². The molecule has 0 bridgehead atoms. The third-order valence-electron chi connectivity index (χ3n) is 6.22. The van der Waals surface area contributed by atoms with E-state index in [2.05, 4.69) is 19.2 Å². The van der Waals surface area contributed by atoms with Crippen LogP contribution in [0.5, 0.6) is 0 Å². The number of hydrogen-bond donors (Lipinski definition) is 1. The van der Waals surface area contributed by atoms with Crippen LogP contribution in [0.2, 0.25) is 0 Å². The topological polar surface area (TPSA) is 34.0 Å². The molecule has 1 heterocycles. The van der Waals surface area contributed by atoms with E-state index in [4.69, 9.17) is 0 Å². The Hall–Kier alpha value is -2.95. The first-order valence-electron chi connectivity index (χ1n) is 10.9. The van der Waals surface area contributed by atoms with Gasteiger partial charge in [0.05, 0.1) is 0 Å². The molecule has 0 aliphatic heterocycles. The van der Waals surface area contributed by atoms with Crippen LogP contribution in [0.25, 0.3) is 0 Å². The molecule has 31 heavy (non-hydrogen) atoms. The van der Waals surface area contributed by atoms with Gasteiger partial charge in [0.2, 0.25) is 0 Å². The lowest BCUT2D eigenvalue weighted by Crippen LogP contribution is -2.20. The summed E-state index contributed by atoms with van der Waals surface area (Å²) in [6.45, 7) is 6.59. The Balaban J connectivity index is 1.69. The smallest absolute Gasteiger partial charge is 0.272 e. The van der Waals surface area contributed by atoms with Gasteiger partial charge in [-0.1, -0.05) is 32.0 Å². The molecule has 0 fully saturated rings. The summed E-state index contributed by atoms with van der Waals surface area (Å²) >= 11 is 0. The van der Waals surface area contributed by atoms with Gasteiger partial charge in [0.25, 0.3) is 5.91 Å². The van der Waals surface area contributed by atoms with Crippen LogP contribution in [0.4, 0.5) is 14.5 Å². The van der Waals surface area contributed by atoms with Crippen LogP contribution >= 0.6 is 0 Å². The summed E-state index contributed by atoms with van der Waals surface area (Å²) in [7, 11) is 0. The van der Waals surface area contributed by atoms with Crippen molar-refractivity contribution in [1.29, 1.82) is 0 Å². The van der Waals surface area contributed by atoms with Gasteiger partial charge in [-0.2, -0.15) is 0 Å². The molecule has 1 N–H and O–H groups in total. The molecule has 5 heteroatoms. The molecule has 1 aliphatic rings.